The van der Waals surface area contributed by atoms with E-state index < -0.39 is 5.97 Å². The van der Waals surface area contributed by atoms with Crippen molar-refractivity contribution in [3.05, 3.63) is 29.3 Å². The number of aryl methyl sites for hydroxylation is 1. The van der Waals surface area contributed by atoms with Gasteiger partial charge in [0.05, 0.1) is 13.1 Å². The summed E-state index contributed by atoms with van der Waals surface area (Å²) in [5, 5.41) is 10.5. The first-order chi connectivity index (χ1) is 5.65. The summed E-state index contributed by atoms with van der Waals surface area (Å²) in [6.07, 6.45) is 0. The van der Waals surface area contributed by atoms with Crippen molar-refractivity contribution in [3.8, 4) is 5.75 Å². The molecule has 1 rings (SSSR count). The molecule has 64 valence electrons. The summed E-state index contributed by atoms with van der Waals surface area (Å²) < 4.78 is 4.84. The van der Waals surface area contributed by atoms with Crippen LogP contribution in [0.2, 0.25) is 0 Å². The molecule has 1 aromatic carbocycles. The number of methoxy groups -OCH3 is 1. The maximum atomic E-state index is 10.5. The number of aromatic carboxylic acids is 1. The maximum absolute atomic E-state index is 10.5. The van der Waals surface area contributed by atoms with Crippen LogP contribution in [-0.4, -0.2) is 13.1 Å². The second-order valence-electron chi connectivity index (χ2n) is 2.49. The van der Waals surface area contributed by atoms with E-state index in [4.69, 9.17) is 4.74 Å². The lowest BCUT2D eigenvalue weighted by Gasteiger charge is -2.09. The largest absolute Gasteiger partial charge is 0.545 e. The van der Waals surface area contributed by atoms with Crippen LogP contribution in [0.25, 0.3) is 0 Å². The number of hydrogen-bond acceptors (Lipinski definition) is 3. The van der Waals surface area contributed by atoms with E-state index in [0.717, 1.165) is 5.56 Å². The van der Waals surface area contributed by atoms with Crippen molar-refractivity contribution >= 4 is 5.97 Å². The second-order valence-corrected chi connectivity index (χ2v) is 2.49. The van der Waals surface area contributed by atoms with Crippen molar-refractivity contribution in [2.24, 2.45) is 0 Å². The van der Waals surface area contributed by atoms with Gasteiger partial charge < -0.3 is 14.6 Å². The molecule has 0 saturated carbocycles. The molecule has 0 aliphatic heterocycles. The Morgan fingerprint density at radius 1 is 1.50 bits per heavy atom. The monoisotopic (exact) mass is 165 g/mol. The molecule has 0 heterocycles. The van der Waals surface area contributed by atoms with E-state index >= 15 is 0 Å². The normalized spacial score (nSPS) is 9.50. The van der Waals surface area contributed by atoms with Crippen LogP contribution < -0.4 is 9.84 Å². The highest BCUT2D eigenvalue weighted by atomic mass is 16.5. The van der Waals surface area contributed by atoms with Crippen LogP contribution in [0.4, 0.5) is 0 Å². The summed E-state index contributed by atoms with van der Waals surface area (Å²) in [5.41, 5.74) is 0.965. The average molecular weight is 165 g/mol. The van der Waals surface area contributed by atoms with E-state index in [-0.39, 0.29) is 5.56 Å². The number of carbonyl (C=O) groups excluding carboxylic acids is 1. The van der Waals surface area contributed by atoms with Crippen LogP contribution in [0.1, 0.15) is 15.9 Å². The fourth-order valence-electron chi connectivity index (χ4n) is 0.981. The molecule has 0 aliphatic rings. The quantitative estimate of drug-likeness (QED) is 0.636. The highest BCUT2D eigenvalue weighted by Crippen LogP contribution is 2.18. The van der Waals surface area contributed by atoms with Crippen molar-refractivity contribution in [2.45, 2.75) is 6.92 Å². The number of rotatable bonds is 2. The minimum atomic E-state index is -1.21. The first kappa shape index (κ1) is 8.59. The van der Waals surface area contributed by atoms with Gasteiger partial charge in [0.1, 0.15) is 5.75 Å². The Kier molecular flexibility index (Phi) is 2.33. The summed E-state index contributed by atoms with van der Waals surface area (Å²) >= 11 is 0. The van der Waals surface area contributed by atoms with E-state index in [1.807, 2.05) is 6.92 Å². The fraction of sp³-hybridized carbons (Fsp3) is 0.222. The van der Waals surface area contributed by atoms with Gasteiger partial charge in [-0.2, -0.15) is 0 Å². The Hall–Kier alpha value is -1.51. The molecule has 0 amide bonds. The molecule has 0 bridgehead atoms. The molecule has 0 unspecified atom stereocenters. The first-order valence-corrected chi connectivity index (χ1v) is 3.51. The van der Waals surface area contributed by atoms with E-state index in [0.29, 0.717) is 5.75 Å². The topological polar surface area (TPSA) is 49.4 Å². The molecule has 1 aromatic rings. The zero-order valence-corrected chi connectivity index (χ0v) is 6.96. The molecule has 0 aliphatic carbocycles. The van der Waals surface area contributed by atoms with Gasteiger partial charge in [0.2, 0.25) is 0 Å². The summed E-state index contributed by atoms with van der Waals surface area (Å²) in [4.78, 5) is 10.5. The molecule has 0 aromatic heterocycles. The molecule has 0 atom stereocenters. The molecule has 0 fully saturated rings. The number of ether oxygens (including phenoxy) is 1. The predicted octanol–water partition coefficient (Wildman–Crippen LogP) is 0.367. The maximum Gasteiger partial charge on any atom is 0.127 e. The minimum Gasteiger partial charge on any atom is -0.545 e. The van der Waals surface area contributed by atoms with Crippen LogP contribution in [0.3, 0.4) is 0 Å². The second kappa shape index (κ2) is 3.26. The van der Waals surface area contributed by atoms with Crippen molar-refractivity contribution in [3.63, 3.8) is 0 Å². The number of carboxylic acids is 1. The van der Waals surface area contributed by atoms with E-state index in [9.17, 15) is 9.90 Å². The zero-order valence-electron chi connectivity index (χ0n) is 6.96. The number of carboxylic acid groups (broad SMARTS) is 1. The van der Waals surface area contributed by atoms with Crippen molar-refractivity contribution in [2.75, 3.05) is 7.11 Å². The van der Waals surface area contributed by atoms with Crippen LogP contribution in [0.5, 0.6) is 5.75 Å². The SMILES string of the molecule is COc1ccc(C)cc1C(=O)[O-]. The van der Waals surface area contributed by atoms with Gasteiger partial charge >= 0.3 is 0 Å². The predicted molar refractivity (Wildman–Crippen MR) is 42.1 cm³/mol. The van der Waals surface area contributed by atoms with Gasteiger partial charge in [0.15, 0.2) is 0 Å². The van der Waals surface area contributed by atoms with Gasteiger partial charge in [-0.15, -0.1) is 0 Å². The van der Waals surface area contributed by atoms with Gasteiger partial charge in [-0.25, -0.2) is 0 Å². The van der Waals surface area contributed by atoms with Gasteiger partial charge in [0.25, 0.3) is 0 Å². The molecule has 3 heteroatoms. The van der Waals surface area contributed by atoms with Crippen LogP contribution in [-0.2, 0) is 0 Å². The van der Waals surface area contributed by atoms with Crippen molar-refractivity contribution < 1.29 is 14.6 Å². The van der Waals surface area contributed by atoms with Crippen LogP contribution in [0.15, 0.2) is 18.2 Å². The Balaban J connectivity index is 3.21. The Morgan fingerprint density at radius 2 is 2.17 bits per heavy atom. The average Bonchev–Trinajstić information content (AvgIpc) is 2.04. The lowest BCUT2D eigenvalue weighted by Crippen LogP contribution is -2.23. The number of hydrogen-bond donors (Lipinski definition) is 0. The molecule has 0 saturated heterocycles. The molecule has 0 N–H and O–H groups in total. The fourth-order valence-corrected chi connectivity index (χ4v) is 0.981. The van der Waals surface area contributed by atoms with Crippen LogP contribution >= 0.6 is 0 Å². The summed E-state index contributed by atoms with van der Waals surface area (Å²) in [6, 6.07) is 4.92. The highest BCUT2D eigenvalue weighted by molar-refractivity contribution is 5.89. The molecule has 0 radical (unpaired) electrons. The summed E-state index contributed by atoms with van der Waals surface area (Å²) in [5.74, 6) is -0.879. The third-order valence-electron chi connectivity index (χ3n) is 1.57. The molecular formula is C9H9O3-. The summed E-state index contributed by atoms with van der Waals surface area (Å²) in [7, 11) is 1.43. The molecular weight excluding hydrogens is 156 g/mol. The minimum absolute atomic E-state index is 0.0949. The number of benzene rings is 1. The van der Waals surface area contributed by atoms with Gasteiger partial charge in [-0.3, -0.25) is 0 Å². The van der Waals surface area contributed by atoms with E-state index in [1.165, 1.54) is 13.2 Å². The third kappa shape index (κ3) is 1.56. The number of carbonyl (C=O) groups is 1. The molecule has 0 spiro atoms. The lowest BCUT2D eigenvalue weighted by atomic mass is 10.1. The van der Waals surface area contributed by atoms with Crippen molar-refractivity contribution in [1.82, 2.24) is 0 Å². The Bertz CT molecular complexity index is 305. The highest BCUT2D eigenvalue weighted by Gasteiger charge is 2.02. The van der Waals surface area contributed by atoms with Crippen LogP contribution in [0, 0.1) is 6.92 Å². The Morgan fingerprint density at radius 3 is 2.67 bits per heavy atom. The van der Waals surface area contributed by atoms with E-state index in [1.54, 1.807) is 12.1 Å². The first-order valence-electron chi connectivity index (χ1n) is 3.51. The van der Waals surface area contributed by atoms with Gasteiger partial charge in [-0.1, -0.05) is 11.6 Å². The Labute approximate surface area is 70.6 Å². The standard InChI is InChI=1S/C9H10O3/c1-6-3-4-8(12-2)7(5-6)9(10)11/h3-5H,1-2H3,(H,10,11)/p-1. The molecule has 12 heavy (non-hydrogen) atoms. The van der Waals surface area contributed by atoms with Gasteiger partial charge in [0, 0.05) is 5.56 Å². The summed E-state index contributed by atoms with van der Waals surface area (Å²) in [6.45, 7) is 1.81. The molecule has 3 nitrogen and oxygen atoms in total. The van der Waals surface area contributed by atoms with E-state index in [2.05, 4.69) is 0 Å². The van der Waals surface area contributed by atoms with Crippen molar-refractivity contribution in [1.29, 1.82) is 0 Å². The smallest absolute Gasteiger partial charge is 0.127 e. The third-order valence-corrected chi connectivity index (χ3v) is 1.57. The zero-order chi connectivity index (χ0) is 9.14. The van der Waals surface area contributed by atoms with Gasteiger partial charge in [-0.05, 0) is 19.1 Å². The lowest BCUT2D eigenvalue weighted by molar-refractivity contribution is -0.255.